The molecule has 1 N–H and O–H groups in total. The summed E-state index contributed by atoms with van der Waals surface area (Å²) in [5, 5.41) is 4.26. The quantitative estimate of drug-likeness (QED) is 0.223. The number of sulfonamides is 1. The van der Waals surface area contributed by atoms with Crippen molar-refractivity contribution in [3.05, 3.63) is 99.0 Å². The summed E-state index contributed by atoms with van der Waals surface area (Å²) in [7, 11) is -3.62. The third kappa shape index (κ3) is 9.92. The van der Waals surface area contributed by atoms with Gasteiger partial charge in [0.25, 0.3) is 0 Å². The van der Waals surface area contributed by atoms with Gasteiger partial charge in [-0.25, -0.2) is 8.42 Å². The maximum atomic E-state index is 13.8. The second-order valence-corrected chi connectivity index (χ2v) is 12.9. The molecule has 0 radical (unpaired) electrons. The Bertz CT molecular complexity index is 1420. The molecule has 0 aliphatic rings. The monoisotopic (exact) mass is 637 g/mol. The van der Waals surface area contributed by atoms with Gasteiger partial charge in [0.2, 0.25) is 21.8 Å². The molecule has 0 aromatic heterocycles. The number of halogens is 3. The standard InChI is InChI=1S/C30H34Cl3N3O4S/c1-3-17-34-30(38)28(19-22-8-5-4-6-9-22)35(21-23-11-12-25(32)20-27(23)33)29(37)10-7-18-36(41(2,39)40)26-15-13-24(31)14-16-26/h4-6,8-9,11-16,20,28H,3,7,10,17-19,21H2,1-2H3,(H,34,38)/t28-/m1/s1. The normalized spacial score (nSPS) is 12.0. The van der Waals surface area contributed by atoms with Crippen LogP contribution in [-0.4, -0.2) is 50.5 Å². The fourth-order valence-electron chi connectivity index (χ4n) is 4.36. The number of amides is 2. The van der Waals surface area contributed by atoms with Crippen LogP contribution in [0.2, 0.25) is 15.1 Å². The van der Waals surface area contributed by atoms with Crippen molar-refractivity contribution in [3.8, 4) is 0 Å². The van der Waals surface area contributed by atoms with E-state index in [4.69, 9.17) is 34.8 Å². The van der Waals surface area contributed by atoms with Crippen molar-refractivity contribution in [2.24, 2.45) is 0 Å². The molecule has 0 unspecified atom stereocenters. The molecular formula is C30H34Cl3N3O4S. The number of nitrogens with zero attached hydrogens (tertiary/aromatic N) is 2. The van der Waals surface area contributed by atoms with E-state index in [9.17, 15) is 18.0 Å². The van der Waals surface area contributed by atoms with Gasteiger partial charge in [0.05, 0.1) is 11.9 Å². The summed E-state index contributed by atoms with van der Waals surface area (Å²) in [4.78, 5) is 28.8. The first kappa shape index (κ1) is 32.7. The minimum atomic E-state index is -3.62. The third-order valence-corrected chi connectivity index (χ3v) is 8.48. The Morgan fingerprint density at radius 1 is 0.927 bits per heavy atom. The number of nitrogens with one attached hydrogen (secondary N) is 1. The summed E-state index contributed by atoms with van der Waals surface area (Å²) < 4.78 is 26.3. The zero-order valence-corrected chi connectivity index (χ0v) is 26.1. The van der Waals surface area contributed by atoms with E-state index in [0.29, 0.717) is 39.3 Å². The van der Waals surface area contributed by atoms with E-state index in [1.165, 1.54) is 9.21 Å². The van der Waals surface area contributed by atoms with E-state index in [1.807, 2.05) is 37.3 Å². The van der Waals surface area contributed by atoms with Crippen LogP contribution in [-0.2, 0) is 32.6 Å². The van der Waals surface area contributed by atoms with E-state index in [2.05, 4.69) is 5.32 Å². The first-order chi connectivity index (χ1) is 19.5. The van der Waals surface area contributed by atoms with Crippen LogP contribution in [0.4, 0.5) is 5.69 Å². The molecule has 220 valence electrons. The van der Waals surface area contributed by atoms with Crippen LogP contribution in [0.5, 0.6) is 0 Å². The van der Waals surface area contributed by atoms with E-state index >= 15 is 0 Å². The van der Waals surface area contributed by atoms with Crippen LogP contribution in [0.15, 0.2) is 72.8 Å². The number of carbonyl (C=O) groups is 2. The second-order valence-electron chi connectivity index (χ2n) is 9.67. The lowest BCUT2D eigenvalue weighted by molar-refractivity contribution is -0.141. The van der Waals surface area contributed by atoms with Crippen molar-refractivity contribution < 1.29 is 18.0 Å². The highest BCUT2D eigenvalue weighted by Crippen LogP contribution is 2.25. The number of benzene rings is 3. The zero-order chi connectivity index (χ0) is 30.0. The van der Waals surface area contributed by atoms with Gasteiger partial charge < -0.3 is 10.2 Å². The highest BCUT2D eigenvalue weighted by Gasteiger charge is 2.31. The van der Waals surface area contributed by atoms with Crippen LogP contribution in [0, 0.1) is 0 Å². The topological polar surface area (TPSA) is 86.8 Å². The summed E-state index contributed by atoms with van der Waals surface area (Å²) in [5.41, 5.74) is 2.00. The Hall–Kier alpha value is -2.78. The molecule has 0 aliphatic heterocycles. The first-order valence-corrected chi connectivity index (χ1v) is 16.3. The van der Waals surface area contributed by atoms with E-state index < -0.39 is 16.1 Å². The highest BCUT2D eigenvalue weighted by atomic mass is 35.5. The molecule has 0 fully saturated rings. The second kappa shape index (κ2) is 15.4. The maximum absolute atomic E-state index is 13.8. The maximum Gasteiger partial charge on any atom is 0.243 e. The van der Waals surface area contributed by atoms with Crippen LogP contribution < -0.4 is 9.62 Å². The zero-order valence-electron chi connectivity index (χ0n) is 23.0. The summed E-state index contributed by atoms with van der Waals surface area (Å²) in [5.74, 6) is -0.568. The van der Waals surface area contributed by atoms with E-state index in [-0.39, 0.29) is 37.7 Å². The average Bonchev–Trinajstić information content (AvgIpc) is 2.93. The van der Waals surface area contributed by atoms with Crippen LogP contribution in [0.25, 0.3) is 0 Å². The smallest absolute Gasteiger partial charge is 0.243 e. The number of rotatable bonds is 14. The fraction of sp³-hybridized carbons (Fsp3) is 0.333. The molecule has 7 nitrogen and oxygen atoms in total. The molecule has 0 bridgehead atoms. The summed E-state index contributed by atoms with van der Waals surface area (Å²) in [6, 6.07) is 20.1. The molecule has 0 saturated heterocycles. The van der Waals surface area contributed by atoms with Crippen LogP contribution >= 0.6 is 34.8 Å². The largest absolute Gasteiger partial charge is 0.354 e. The number of hydrogen-bond donors (Lipinski definition) is 1. The molecule has 0 spiro atoms. The summed E-state index contributed by atoms with van der Waals surface area (Å²) in [6.07, 6.45) is 2.40. The Morgan fingerprint density at radius 3 is 2.20 bits per heavy atom. The van der Waals surface area contributed by atoms with Gasteiger partial charge in [-0.15, -0.1) is 0 Å². The molecule has 0 heterocycles. The number of anilines is 1. The van der Waals surface area contributed by atoms with Gasteiger partial charge in [-0.3, -0.25) is 13.9 Å². The molecule has 2 amide bonds. The fourth-order valence-corrected chi connectivity index (χ4v) is 5.92. The minimum Gasteiger partial charge on any atom is -0.354 e. The minimum absolute atomic E-state index is 0.0111. The number of hydrogen-bond acceptors (Lipinski definition) is 4. The van der Waals surface area contributed by atoms with Crippen molar-refractivity contribution >= 4 is 62.3 Å². The first-order valence-electron chi connectivity index (χ1n) is 13.3. The van der Waals surface area contributed by atoms with Crippen molar-refractivity contribution in [2.75, 3.05) is 23.7 Å². The molecule has 3 rings (SSSR count). The molecule has 0 saturated carbocycles. The van der Waals surface area contributed by atoms with Crippen molar-refractivity contribution in [3.63, 3.8) is 0 Å². The SMILES string of the molecule is CCCNC(=O)[C@@H](Cc1ccccc1)N(Cc1ccc(Cl)cc1Cl)C(=O)CCCN(c1ccc(Cl)cc1)S(C)(=O)=O. The molecule has 41 heavy (non-hydrogen) atoms. The Kier molecular flexibility index (Phi) is 12.3. The van der Waals surface area contributed by atoms with Gasteiger partial charge in [0.15, 0.2) is 0 Å². The molecular weight excluding hydrogens is 605 g/mol. The summed E-state index contributed by atoms with van der Waals surface area (Å²) >= 11 is 18.5. The number of carbonyl (C=O) groups excluding carboxylic acids is 2. The van der Waals surface area contributed by atoms with E-state index in [0.717, 1.165) is 18.2 Å². The predicted molar refractivity (Wildman–Crippen MR) is 167 cm³/mol. The van der Waals surface area contributed by atoms with Gasteiger partial charge in [-0.05, 0) is 60.4 Å². The van der Waals surface area contributed by atoms with Gasteiger partial charge >= 0.3 is 0 Å². The summed E-state index contributed by atoms with van der Waals surface area (Å²) in [6.45, 7) is 2.58. The Balaban J connectivity index is 1.89. The molecule has 0 aliphatic carbocycles. The van der Waals surface area contributed by atoms with Crippen LogP contribution in [0.3, 0.4) is 0 Å². The predicted octanol–water partition coefficient (Wildman–Crippen LogP) is 6.36. The van der Waals surface area contributed by atoms with E-state index in [1.54, 1.807) is 42.5 Å². The Labute approximate surface area is 257 Å². The Morgan fingerprint density at radius 2 is 1.59 bits per heavy atom. The highest BCUT2D eigenvalue weighted by molar-refractivity contribution is 7.92. The molecule has 11 heteroatoms. The average molecular weight is 639 g/mol. The molecule has 1 atom stereocenters. The lowest BCUT2D eigenvalue weighted by atomic mass is 10.0. The third-order valence-electron chi connectivity index (χ3n) is 6.44. The van der Waals surface area contributed by atoms with Crippen molar-refractivity contribution in [1.29, 1.82) is 0 Å². The van der Waals surface area contributed by atoms with Gasteiger partial charge in [0.1, 0.15) is 6.04 Å². The van der Waals surface area contributed by atoms with Gasteiger partial charge in [-0.1, -0.05) is 78.1 Å². The van der Waals surface area contributed by atoms with Crippen LogP contribution in [0.1, 0.15) is 37.3 Å². The lowest BCUT2D eigenvalue weighted by Gasteiger charge is -2.32. The van der Waals surface area contributed by atoms with Crippen molar-refractivity contribution in [2.45, 2.75) is 45.2 Å². The molecule has 3 aromatic carbocycles. The molecule has 3 aromatic rings. The van der Waals surface area contributed by atoms with Gasteiger partial charge in [-0.2, -0.15) is 0 Å². The van der Waals surface area contributed by atoms with Crippen molar-refractivity contribution in [1.82, 2.24) is 10.2 Å². The lowest BCUT2D eigenvalue weighted by Crippen LogP contribution is -2.50. The van der Waals surface area contributed by atoms with Gasteiger partial charge in [0, 0.05) is 47.5 Å².